The van der Waals surface area contributed by atoms with E-state index in [1.807, 2.05) is 12.1 Å². The molecule has 0 unspecified atom stereocenters. The molecule has 0 spiro atoms. The van der Waals surface area contributed by atoms with Crippen LogP contribution in [0, 0.1) is 6.92 Å². The molecule has 4 nitrogen and oxygen atoms in total. The van der Waals surface area contributed by atoms with Gasteiger partial charge < -0.3 is 20.1 Å². The Balaban J connectivity index is 1.83. The number of hydrogen-bond acceptors (Lipinski definition) is 4. The maximum absolute atomic E-state index is 6.42. The summed E-state index contributed by atoms with van der Waals surface area (Å²) in [5, 5.41) is 0. The van der Waals surface area contributed by atoms with Crippen molar-refractivity contribution in [2.24, 2.45) is 5.73 Å². The van der Waals surface area contributed by atoms with Gasteiger partial charge in [-0.3, -0.25) is 0 Å². The summed E-state index contributed by atoms with van der Waals surface area (Å²) in [6, 6.07) is 15.0. The molecule has 2 atom stereocenters. The summed E-state index contributed by atoms with van der Waals surface area (Å²) in [6.07, 6.45) is 0.979. The number of rotatable bonds is 4. The van der Waals surface area contributed by atoms with Gasteiger partial charge in [0.2, 0.25) is 0 Å². The lowest BCUT2D eigenvalue weighted by atomic mass is 9.86. The van der Waals surface area contributed by atoms with Crippen LogP contribution in [-0.4, -0.2) is 33.4 Å². The minimum Gasteiger partial charge on any atom is -0.493 e. The van der Waals surface area contributed by atoms with Crippen molar-refractivity contribution in [3.63, 3.8) is 0 Å². The summed E-state index contributed by atoms with van der Waals surface area (Å²) in [5.74, 6) is 1.86. The van der Waals surface area contributed by atoms with Gasteiger partial charge in [0.05, 0.1) is 14.2 Å². The van der Waals surface area contributed by atoms with Crippen molar-refractivity contribution in [3.05, 3.63) is 53.6 Å². The van der Waals surface area contributed by atoms with Crippen molar-refractivity contribution in [1.82, 2.24) is 0 Å². The third kappa shape index (κ3) is 3.34. The third-order valence-corrected chi connectivity index (χ3v) is 4.90. The van der Waals surface area contributed by atoms with Crippen molar-refractivity contribution in [1.29, 1.82) is 0 Å². The summed E-state index contributed by atoms with van der Waals surface area (Å²) in [5.41, 5.74) is 10.2. The minimum atomic E-state index is 0.198. The molecule has 1 saturated heterocycles. The molecular weight excluding hydrogens is 300 g/mol. The van der Waals surface area contributed by atoms with Crippen LogP contribution in [-0.2, 0) is 0 Å². The molecule has 0 aromatic heterocycles. The summed E-state index contributed by atoms with van der Waals surface area (Å²) in [6.45, 7) is 3.99. The first-order chi connectivity index (χ1) is 11.6. The summed E-state index contributed by atoms with van der Waals surface area (Å²) < 4.78 is 10.8. The molecule has 0 bridgehead atoms. The highest BCUT2D eigenvalue weighted by molar-refractivity contribution is 5.57. The molecule has 0 aliphatic carbocycles. The second-order valence-electron chi connectivity index (χ2n) is 6.46. The molecule has 2 N–H and O–H groups in total. The van der Waals surface area contributed by atoms with Gasteiger partial charge in [-0.1, -0.05) is 29.8 Å². The van der Waals surface area contributed by atoms with Crippen molar-refractivity contribution in [2.45, 2.75) is 25.3 Å². The minimum absolute atomic E-state index is 0.198. The summed E-state index contributed by atoms with van der Waals surface area (Å²) in [4.78, 5) is 2.38. The van der Waals surface area contributed by atoms with E-state index in [1.165, 1.54) is 11.1 Å². The molecule has 4 heteroatoms. The van der Waals surface area contributed by atoms with E-state index in [2.05, 4.69) is 42.2 Å². The Morgan fingerprint density at radius 2 is 1.71 bits per heavy atom. The number of methoxy groups -OCH3 is 2. The number of anilines is 1. The van der Waals surface area contributed by atoms with Crippen LogP contribution < -0.4 is 20.1 Å². The van der Waals surface area contributed by atoms with Gasteiger partial charge in [0, 0.05) is 36.8 Å². The number of hydrogen-bond donors (Lipinski definition) is 1. The smallest absolute Gasteiger partial charge is 0.162 e. The Morgan fingerprint density at radius 3 is 2.38 bits per heavy atom. The van der Waals surface area contributed by atoms with Crippen molar-refractivity contribution in [3.8, 4) is 11.5 Å². The predicted molar refractivity (Wildman–Crippen MR) is 98.3 cm³/mol. The molecule has 2 aromatic rings. The Bertz CT molecular complexity index is 685. The molecule has 0 saturated carbocycles. The molecular formula is C20H26N2O2. The first kappa shape index (κ1) is 16.7. The standard InChI is InChI=1S/C20H26N2O2/c1-14-4-6-15(7-5-14)17-13-22(11-10-18(17)21)16-8-9-19(23-2)20(12-16)24-3/h4-9,12,17-18H,10-11,13,21H2,1-3H3/t17-,18-/m1/s1. The van der Waals surface area contributed by atoms with E-state index in [-0.39, 0.29) is 6.04 Å². The first-order valence-electron chi connectivity index (χ1n) is 8.41. The largest absolute Gasteiger partial charge is 0.493 e. The van der Waals surface area contributed by atoms with Gasteiger partial charge in [-0.25, -0.2) is 0 Å². The Labute approximate surface area is 144 Å². The van der Waals surface area contributed by atoms with Gasteiger partial charge in [0.15, 0.2) is 11.5 Å². The molecule has 0 amide bonds. The molecule has 2 aromatic carbocycles. The summed E-state index contributed by atoms with van der Waals surface area (Å²) in [7, 11) is 3.33. The highest BCUT2D eigenvalue weighted by atomic mass is 16.5. The van der Waals surface area contributed by atoms with E-state index >= 15 is 0 Å². The van der Waals surface area contributed by atoms with Crippen LogP contribution >= 0.6 is 0 Å². The quantitative estimate of drug-likeness (QED) is 0.936. The molecule has 3 rings (SSSR count). The van der Waals surface area contributed by atoms with Gasteiger partial charge in [-0.05, 0) is 31.0 Å². The van der Waals surface area contributed by atoms with Crippen molar-refractivity contribution in [2.75, 3.05) is 32.2 Å². The van der Waals surface area contributed by atoms with E-state index in [1.54, 1.807) is 14.2 Å². The zero-order chi connectivity index (χ0) is 17.1. The molecule has 24 heavy (non-hydrogen) atoms. The average Bonchev–Trinajstić information content (AvgIpc) is 2.62. The van der Waals surface area contributed by atoms with Gasteiger partial charge in [-0.15, -0.1) is 0 Å². The number of benzene rings is 2. The highest BCUT2D eigenvalue weighted by Crippen LogP contribution is 2.35. The number of ether oxygens (including phenoxy) is 2. The van der Waals surface area contributed by atoms with E-state index in [9.17, 15) is 0 Å². The lowest BCUT2D eigenvalue weighted by Crippen LogP contribution is -2.45. The van der Waals surface area contributed by atoms with Crippen LogP contribution in [0.1, 0.15) is 23.5 Å². The van der Waals surface area contributed by atoms with Crippen LogP contribution in [0.2, 0.25) is 0 Å². The normalized spacial score (nSPS) is 20.8. The zero-order valence-corrected chi connectivity index (χ0v) is 14.7. The maximum Gasteiger partial charge on any atom is 0.162 e. The zero-order valence-electron chi connectivity index (χ0n) is 14.7. The fourth-order valence-electron chi connectivity index (χ4n) is 3.39. The van der Waals surface area contributed by atoms with E-state index in [4.69, 9.17) is 15.2 Å². The van der Waals surface area contributed by atoms with Gasteiger partial charge in [-0.2, -0.15) is 0 Å². The number of nitrogens with two attached hydrogens (primary N) is 1. The molecule has 1 heterocycles. The fraction of sp³-hybridized carbons (Fsp3) is 0.400. The monoisotopic (exact) mass is 326 g/mol. The topological polar surface area (TPSA) is 47.7 Å². The van der Waals surface area contributed by atoms with Gasteiger partial charge in [0.25, 0.3) is 0 Å². The maximum atomic E-state index is 6.42. The molecule has 1 fully saturated rings. The van der Waals surface area contributed by atoms with Crippen LogP contribution in [0.5, 0.6) is 11.5 Å². The molecule has 128 valence electrons. The second kappa shape index (κ2) is 7.14. The lowest BCUT2D eigenvalue weighted by Gasteiger charge is -2.38. The molecule has 0 radical (unpaired) electrons. The highest BCUT2D eigenvalue weighted by Gasteiger charge is 2.28. The number of aryl methyl sites for hydroxylation is 1. The molecule has 1 aliphatic heterocycles. The fourth-order valence-corrected chi connectivity index (χ4v) is 3.39. The average molecular weight is 326 g/mol. The van der Waals surface area contributed by atoms with E-state index in [0.29, 0.717) is 5.92 Å². The predicted octanol–water partition coefficient (Wildman–Crippen LogP) is 3.33. The van der Waals surface area contributed by atoms with E-state index in [0.717, 1.165) is 36.7 Å². The van der Waals surface area contributed by atoms with Gasteiger partial charge >= 0.3 is 0 Å². The van der Waals surface area contributed by atoms with Crippen LogP contribution in [0.3, 0.4) is 0 Å². The SMILES string of the molecule is COc1ccc(N2CC[C@@H](N)[C@@H](c3ccc(C)cc3)C2)cc1OC. The van der Waals surface area contributed by atoms with Gasteiger partial charge in [0.1, 0.15) is 0 Å². The first-order valence-corrected chi connectivity index (χ1v) is 8.41. The Kier molecular flexibility index (Phi) is 4.95. The Hall–Kier alpha value is -2.20. The van der Waals surface area contributed by atoms with E-state index < -0.39 is 0 Å². The van der Waals surface area contributed by atoms with Crippen LogP contribution in [0.4, 0.5) is 5.69 Å². The third-order valence-electron chi connectivity index (χ3n) is 4.90. The Morgan fingerprint density at radius 1 is 1.00 bits per heavy atom. The van der Waals surface area contributed by atoms with Crippen LogP contribution in [0.25, 0.3) is 0 Å². The summed E-state index contributed by atoms with van der Waals surface area (Å²) >= 11 is 0. The molecule has 1 aliphatic rings. The van der Waals surface area contributed by atoms with Crippen LogP contribution in [0.15, 0.2) is 42.5 Å². The second-order valence-corrected chi connectivity index (χ2v) is 6.46. The van der Waals surface area contributed by atoms with Crippen molar-refractivity contribution < 1.29 is 9.47 Å². The number of nitrogens with zero attached hydrogens (tertiary/aromatic N) is 1. The van der Waals surface area contributed by atoms with Crippen molar-refractivity contribution >= 4 is 5.69 Å². The number of piperidine rings is 1. The lowest BCUT2D eigenvalue weighted by molar-refractivity contribution is 0.354.